The van der Waals surface area contributed by atoms with E-state index < -0.39 is 0 Å². The molecule has 2 N–H and O–H groups in total. The van der Waals surface area contributed by atoms with Crippen LogP contribution in [0.4, 0.5) is 4.79 Å². The number of hydrogen-bond acceptors (Lipinski definition) is 3. The second-order valence-electron chi connectivity index (χ2n) is 6.08. The number of benzene rings is 1. The van der Waals surface area contributed by atoms with Crippen LogP contribution in [0.25, 0.3) is 0 Å². The molecule has 4 atom stereocenters. The first kappa shape index (κ1) is 15.3. The number of rotatable bonds is 4. The lowest BCUT2D eigenvalue weighted by molar-refractivity contribution is 0.0907. The molecule has 2 aliphatic heterocycles. The quantitative estimate of drug-likeness (QED) is 0.897. The molecule has 0 radical (unpaired) electrons. The van der Waals surface area contributed by atoms with Gasteiger partial charge in [-0.2, -0.15) is 0 Å². The molecule has 5 heteroatoms. The number of nitrogens with one attached hydrogen (secondary N) is 2. The molecule has 2 saturated heterocycles. The van der Waals surface area contributed by atoms with E-state index in [4.69, 9.17) is 9.47 Å². The Morgan fingerprint density at radius 2 is 1.95 bits per heavy atom. The fourth-order valence-electron chi connectivity index (χ4n) is 3.22. The summed E-state index contributed by atoms with van der Waals surface area (Å²) in [4.78, 5) is 12.0. The smallest absolute Gasteiger partial charge is 0.315 e. The molecule has 22 heavy (non-hydrogen) atoms. The zero-order chi connectivity index (χ0) is 15.4. The van der Waals surface area contributed by atoms with Crippen molar-refractivity contribution in [3.63, 3.8) is 0 Å². The molecule has 2 amide bonds. The molecule has 0 unspecified atom stereocenters. The van der Waals surface area contributed by atoms with Gasteiger partial charge in [0.15, 0.2) is 0 Å². The fraction of sp³-hybridized carbons (Fsp3) is 0.588. The number of ether oxygens (including phenoxy) is 2. The third kappa shape index (κ3) is 3.59. The van der Waals surface area contributed by atoms with E-state index >= 15 is 0 Å². The highest BCUT2D eigenvalue weighted by Gasteiger charge is 2.30. The van der Waals surface area contributed by atoms with Gasteiger partial charge in [0.2, 0.25) is 0 Å². The predicted molar refractivity (Wildman–Crippen MR) is 83.6 cm³/mol. The minimum Gasteiger partial charge on any atom is -0.376 e. The SMILES string of the molecule is C[C@H]1OCC[C@@H]1NC(=O)NC[C@H]1CCO[C@@H]1c1ccccc1. The molecule has 1 aromatic rings. The van der Waals surface area contributed by atoms with E-state index in [2.05, 4.69) is 22.8 Å². The van der Waals surface area contributed by atoms with Crippen LogP contribution in [0.2, 0.25) is 0 Å². The van der Waals surface area contributed by atoms with E-state index in [1.54, 1.807) is 0 Å². The van der Waals surface area contributed by atoms with Gasteiger partial charge in [0, 0.05) is 25.7 Å². The lowest BCUT2D eigenvalue weighted by Gasteiger charge is -2.21. The van der Waals surface area contributed by atoms with E-state index in [-0.39, 0.29) is 24.3 Å². The largest absolute Gasteiger partial charge is 0.376 e. The maximum Gasteiger partial charge on any atom is 0.315 e. The van der Waals surface area contributed by atoms with Crippen LogP contribution < -0.4 is 10.6 Å². The standard InChI is InChI=1S/C17H24N2O3/c1-12-15(8-10-21-12)19-17(20)18-11-14-7-9-22-16(14)13-5-3-2-4-6-13/h2-6,12,14-16H,7-11H2,1H3,(H2,18,19,20)/t12-,14-,15+,16-/m1/s1. The Balaban J connectivity index is 1.49. The maximum absolute atomic E-state index is 12.0. The molecular formula is C17H24N2O3. The molecule has 0 aliphatic carbocycles. The van der Waals surface area contributed by atoms with Crippen LogP contribution in [0.1, 0.15) is 31.4 Å². The molecule has 3 rings (SSSR count). The van der Waals surface area contributed by atoms with Crippen molar-refractivity contribution in [2.24, 2.45) is 5.92 Å². The number of urea groups is 1. The summed E-state index contributed by atoms with van der Waals surface area (Å²) < 4.78 is 11.3. The van der Waals surface area contributed by atoms with Gasteiger partial charge in [0.1, 0.15) is 0 Å². The summed E-state index contributed by atoms with van der Waals surface area (Å²) in [5, 5.41) is 5.98. The fourth-order valence-corrected chi connectivity index (χ4v) is 3.22. The average molecular weight is 304 g/mol. The molecule has 0 bridgehead atoms. The third-order valence-electron chi connectivity index (χ3n) is 4.56. The highest BCUT2D eigenvalue weighted by atomic mass is 16.5. The van der Waals surface area contributed by atoms with Crippen molar-refractivity contribution in [2.45, 2.75) is 38.0 Å². The van der Waals surface area contributed by atoms with Crippen molar-refractivity contribution >= 4 is 6.03 Å². The number of carbonyl (C=O) groups is 1. The average Bonchev–Trinajstić information content (AvgIpc) is 3.16. The molecule has 120 valence electrons. The highest BCUT2D eigenvalue weighted by molar-refractivity contribution is 5.74. The maximum atomic E-state index is 12.0. The Morgan fingerprint density at radius 3 is 2.68 bits per heavy atom. The lowest BCUT2D eigenvalue weighted by atomic mass is 9.95. The van der Waals surface area contributed by atoms with Crippen LogP contribution in [0.3, 0.4) is 0 Å². The highest BCUT2D eigenvalue weighted by Crippen LogP contribution is 2.33. The molecule has 5 nitrogen and oxygen atoms in total. The van der Waals surface area contributed by atoms with Crippen molar-refractivity contribution < 1.29 is 14.3 Å². The number of carbonyl (C=O) groups excluding carboxylic acids is 1. The van der Waals surface area contributed by atoms with E-state index in [1.165, 1.54) is 5.56 Å². The molecule has 2 fully saturated rings. The zero-order valence-electron chi connectivity index (χ0n) is 13.0. The first-order valence-electron chi connectivity index (χ1n) is 8.06. The molecule has 2 heterocycles. The Labute approximate surface area is 131 Å². The molecule has 2 aliphatic rings. The lowest BCUT2D eigenvalue weighted by Crippen LogP contribution is -2.46. The van der Waals surface area contributed by atoms with Gasteiger partial charge >= 0.3 is 6.03 Å². The van der Waals surface area contributed by atoms with Gasteiger partial charge in [-0.15, -0.1) is 0 Å². The summed E-state index contributed by atoms with van der Waals surface area (Å²) in [5.41, 5.74) is 1.19. The third-order valence-corrected chi connectivity index (χ3v) is 4.56. The summed E-state index contributed by atoms with van der Waals surface area (Å²) in [5.74, 6) is 0.324. The summed E-state index contributed by atoms with van der Waals surface area (Å²) in [6.45, 7) is 4.10. The second-order valence-corrected chi connectivity index (χ2v) is 6.08. The topological polar surface area (TPSA) is 59.6 Å². The van der Waals surface area contributed by atoms with Crippen molar-refractivity contribution in [2.75, 3.05) is 19.8 Å². The summed E-state index contributed by atoms with van der Waals surface area (Å²) >= 11 is 0. The summed E-state index contributed by atoms with van der Waals surface area (Å²) in [6.07, 6.45) is 2.03. The number of hydrogen-bond donors (Lipinski definition) is 2. The van der Waals surface area contributed by atoms with E-state index in [9.17, 15) is 4.79 Å². The Kier molecular flexibility index (Phi) is 4.95. The van der Waals surface area contributed by atoms with Crippen molar-refractivity contribution in [1.82, 2.24) is 10.6 Å². The Morgan fingerprint density at radius 1 is 1.18 bits per heavy atom. The van der Waals surface area contributed by atoms with Crippen molar-refractivity contribution in [3.05, 3.63) is 35.9 Å². The first-order chi connectivity index (χ1) is 10.7. The van der Waals surface area contributed by atoms with Crippen LogP contribution >= 0.6 is 0 Å². The summed E-state index contributed by atoms with van der Waals surface area (Å²) in [7, 11) is 0. The molecular weight excluding hydrogens is 280 g/mol. The van der Waals surface area contributed by atoms with Gasteiger partial charge in [-0.25, -0.2) is 4.79 Å². The minimum absolute atomic E-state index is 0.0789. The minimum atomic E-state index is -0.110. The van der Waals surface area contributed by atoms with E-state index in [0.717, 1.165) is 26.1 Å². The Hall–Kier alpha value is -1.59. The van der Waals surface area contributed by atoms with Gasteiger partial charge < -0.3 is 20.1 Å². The van der Waals surface area contributed by atoms with Crippen LogP contribution in [0.15, 0.2) is 30.3 Å². The van der Waals surface area contributed by atoms with Crippen LogP contribution in [-0.2, 0) is 9.47 Å². The normalized spacial score (nSPS) is 31.1. The molecule has 1 aromatic carbocycles. The zero-order valence-corrected chi connectivity index (χ0v) is 13.0. The van der Waals surface area contributed by atoms with Gasteiger partial charge in [-0.05, 0) is 25.3 Å². The van der Waals surface area contributed by atoms with Gasteiger partial charge in [-0.1, -0.05) is 30.3 Å². The number of amides is 2. The second kappa shape index (κ2) is 7.11. The van der Waals surface area contributed by atoms with Gasteiger partial charge in [0.25, 0.3) is 0 Å². The van der Waals surface area contributed by atoms with Crippen molar-refractivity contribution in [3.8, 4) is 0 Å². The van der Waals surface area contributed by atoms with Crippen LogP contribution in [0.5, 0.6) is 0 Å². The molecule has 0 saturated carbocycles. The summed E-state index contributed by atoms with van der Waals surface area (Å²) in [6, 6.07) is 10.2. The van der Waals surface area contributed by atoms with E-state index in [1.807, 2.05) is 25.1 Å². The first-order valence-corrected chi connectivity index (χ1v) is 8.06. The van der Waals surface area contributed by atoms with Crippen molar-refractivity contribution in [1.29, 1.82) is 0 Å². The van der Waals surface area contributed by atoms with Crippen LogP contribution in [-0.4, -0.2) is 37.9 Å². The van der Waals surface area contributed by atoms with Gasteiger partial charge in [0.05, 0.1) is 18.2 Å². The van der Waals surface area contributed by atoms with E-state index in [0.29, 0.717) is 12.5 Å². The predicted octanol–water partition coefficient (Wildman–Crippen LogP) is 2.24. The van der Waals surface area contributed by atoms with Gasteiger partial charge in [-0.3, -0.25) is 0 Å². The van der Waals surface area contributed by atoms with Crippen LogP contribution in [0, 0.1) is 5.92 Å². The Bertz CT molecular complexity index is 494. The monoisotopic (exact) mass is 304 g/mol. The molecule has 0 spiro atoms. The molecule has 0 aromatic heterocycles.